The molecule has 1 saturated heterocycles. The van der Waals surface area contributed by atoms with E-state index in [1.165, 1.54) is 23.2 Å². The molecular formula is C34H38N6O2. The van der Waals surface area contributed by atoms with Crippen LogP contribution in [0.15, 0.2) is 70.3 Å². The molecule has 8 heteroatoms. The van der Waals surface area contributed by atoms with Gasteiger partial charge in [0.2, 0.25) is 0 Å². The van der Waals surface area contributed by atoms with E-state index in [2.05, 4.69) is 81.3 Å². The highest BCUT2D eigenvalue weighted by Crippen LogP contribution is 2.31. The summed E-state index contributed by atoms with van der Waals surface area (Å²) in [7, 11) is 0. The topological polar surface area (TPSA) is 90.0 Å². The summed E-state index contributed by atoms with van der Waals surface area (Å²) in [6.45, 7) is 6.69. The third kappa shape index (κ3) is 5.04. The van der Waals surface area contributed by atoms with E-state index >= 15 is 0 Å². The van der Waals surface area contributed by atoms with Gasteiger partial charge in [-0.05, 0) is 54.7 Å². The summed E-state index contributed by atoms with van der Waals surface area (Å²) in [5, 5.41) is 0. The monoisotopic (exact) mass is 562 g/mol. The number of anilines is 1. The Morgan fingerprint density at radius 2 is 1.60 bits per heavy atom. The molecular weight excluding hydrogens is 524 g/mol. The maximum absolute atomic E-state index is 13.0. The summed E-state index contributed by atoms with van der Waals surface area (Å²) < 4.78 is 1.78. The number of H-pyrrole nitrogens is 2. The van der Waals surface area contributed by atoms with Gasteiger partial charge in [-0.25, -0.2) is 4.98 Å². The van der Waals surface area contributed by atoms with Crippen LogP contribution in [0.1, 0.15) is 56.2 Å². The highest BCUT2D eigenvalue weighted by atomic mass is 16.2. The van der Waals surface area contributed by atoms with Crippen molar-refractivity contribution in [3.63, 3.8) is 0 Å². The summed E-state index contributed by atoms with van der Waals surface area (Å²) in [6, 6.07) is 21.3. The van der Waals surface area contributed by atoms with Crippen LogP contribution in [0.4, 0.5) is 5.69 Å². The molecule has 2 aromatic heterocycles. The Balaban J connectivity index is 1.08. The lowest BCUT2D eigenvalue weighted by atomic mass is 9.95. The first kappa shape index (κ1) is 26.7. The van der Waals surface area contributed by atoms with Gasteiger partial charge in [-0.2, -0.15) is 0 Å². The SMILES string of the molecule is CCc1ccc(-c2nc3c(N4CCN(Cc5ccc6[nH]c(=O)c(=O)n(C7CCCCC7)c6c5)CC4)cccc3[nH]2)cc1. The molecule has 0 bridgehead atoms. The second-order valence-electron chi connectivity index (χ2n) is 11.8. The molecule has 2 N–H and O–H groups in total. The van der Waals surface area contributed by atoms with Gasteiger partial charge in [0.05, 0.1) is 22.2 Å². The van der Waals surface area contributed by atoms with Crippen molar-refractivity contribution in [2.24, 2.45) is 0 Å². The smallest absolute Gasteiger partial charge is 0.316 e. The molecule has 1 aliphatic carbocycles. The van der Waals surface area contributed by atoms with Gasteiger partial charge >= 0.3 is 11.1 Å². The number of aromatic amines is 2. The quantitative estimate of drug-likeness (QED) is 0.262. The fraction of sp³-hybridized carbons (Fsp3) is 0.382. The van der Waals surface area contributed by atoms with Crippen LogP contribution in [-0.2, 0) is 13.0 Å². The van der Waals surface area contributed by atoms with Gasteiger partial charge in [0.25, 0.3) is 0 Å². The Labute approximate surface area is 245 Å². The van der Waals surface area contributed by atoms with E-state index in [1.807, 2.05) is 6.07 Å². The third-order valence-corrected chi connectivity index (χ3v) is 9.17. The average molecular weight is 563 g/mol. The predicted molar refractivity (Wildman–Crippen MR) is 169 cm³/mol. The van der Waals surface area contributed by atoms with Crippen LogP contribution in [0.25, 0.3) is 33.5 Å². The second-order valence-corrected chi connectivity index (χ2v) is 11.8. The lowest BCUT2D eigenvalue weighted by Crippen LogP contribution is -2.46. The number of rotatable bonds is 6. The molecule has 0 spiro atoms. The summed E-state index contributed by atoms with van der Waals surface area (Å²) in [4.78, 5) is 41.6. The number of benzene rings is 3. The van der Waals surface area contributed by atoms with Gasteiger partial charge in [0, 0.05) is 44.3 Å². The second kappa shape index (κ2) is 11.2. The molecule has 2 aliphatic rings. The molecule has 3 aromatic carbocycles. The fourth-order valence-electron chi connectivity index (χ4n) is 6.79. The van der Waals surface area contributed by atoms with E-state index in [0.29, 0.717) is 0 Å². The molecule has 5 aromatic rings. The van der Waals surface area contributed by atoms with Crippen molar-refractivity contribution in [2.75, 3.05) is 31.1 Å². The fourth-order valence-corrected chi connectivity index (χ4v) is 6.79. The van der Waals surface area contributed by atoms with Crippen LogP contribution >= 0.6 is 0 Å². The number of nitrogens with one attached hydrogen (secondary N) is 2. The number of imidazole rings is 1. The predicted octanol–water partition coefficient (Wildman–Crippen LogP) is 5.62. The van der Waals surface area contributed by atoms with Crippen LogP contribution in [0.3, 0.4) is 0 Å². The van der Waals surface area contributed by atoms with Gasteiger partial charge in [-0.3, -0.25) is 19.1 Å². The molecule has 0 unspecified atom stereocenters. The zero-order chi connectivity index (χ0) is 28.6. The number of fused-ring (bicyclic) bond motifs is 2. The Morgan fingerprint density at radius 1 is 0.833 bits per heavy atom. The molecule has 3 heterocycles. The Hall–Kier alpha value is -4.17. The lowest BCUT2D eigenvalue weighted by molar-refractivity contribution is 0.250. The van der Waals surface area contributed by atoms with Crippen molar-refractivity contribution in [1.29, 1.82) is 0 Å². The van der Waals surface area contributed by atoms with E-state index in [4.69, 9.17) is 4.98 Å². The van der Waals surface area contributed by atoms with Crippen LogP contribution in [-0.4, -0.2) is 50.6 Å². The van der Waals surface area contributed by atoms with Gasteiger partial charge in [-0.15, -0.1) is 0 Å². The van der Waals surface area contributed by atoms with E-state index in [9.17, 15) is 9.59 Å². The van der Waals surface area contributed by atoms with Gasteiger partial charge in [-0.1, -0.05) is 62.6 Å². The van der Waals surface area contributed by atoms with Gasteiger partial charge in [0.15, 0.2) is 0 Å². The normalized spacial score (nSPS) is 16.9. The summed E-state index contributed by atoms with van der Waals surface area (Å²) in [6.07, 6.45) is 6.36. The first-order valence-electron chi connectivity index (χ1n) is 15.4. The van der Waals surface area contributed by atoms with Crippen LogP contribution in [0, 0.1) is 0 Å². The number of hydrogen-bond donors (Lipinski definition) is 2. The lowest BCUT2D eigenvalue weighted by Gasteiger charge is -2.36. The molecule has 0 radical (unpaired) electrons. The minimum absolute atomic E-state index is 0.107. The Kier molecular flexibility index (Phi) is 7.15. The zero-order valence-corrected chi connectivity index (χ0v) is 24.2. The molecule has 7 rings (SSSR count). The van der Waals surface area contributed by atoms with E-state index in [0.717, 1.165) is 98.3 Å². The number of hydrogen-bond acceptors (Lipinski definition) is 5. The van der Waals surface area contributed by atoms with Crippen LogP contribution in [0.2, 0.25) is 0 Å². The number of nitrogens with zero attached hydrogens (tertiary/aromatic N) is 4. The van der Waals surface area contributed by atoms with Crippen molar-refractivity contribution < 1.29 is 0 Å². The van der Waals surface area contributed by atoms with Crippen LogP contribution < -0.4 is 16.0 Å². The largest absolute Gasteiger partial charge is 0.367 e. The maximum atomic E-state index is 13.0. The summed E-state index contributed by atoms with van der Waals surface area (Å²) >= 11 is 0. The standard InChI is InChI=1S/C34H38N6O2/c1-2-23-11-14-25(15-12-23)32-35-28-9-6-10-29(31(28)37-32)39-19-17-38(18-20-39)22-24-13-16-27-30(21-24)40(34(42)33(41)36-27)26-7-4-3-5-8-26/h6,9-16,21,26H,2-5,7-8,17-20,22H2,1H3,(H,35,37)(H,36,41). The molecule has 2 fully saturated rings. The van der Waals surface area contributed by atoms with Gasteiger partial charge in [0.1, 0.15) is 11.3 Å². The summed E-state index contributed by atoms with van der Waals surface area (Å²) in [5.41, 5.74) is 7.50. The van der Waals surface area contributed by atoms with E-state index < -0.39 is 11.1 Å². The summed E-state index contributed by atoms with van der Waals surface area (Å²) in [5.74, 6) is 0.906. The Bertz CT molecular complexity index is 1840. The number of aryl methyl sites for hydroxylation is 1. The van der Waals surface area contributed by atoms with Crippen LogP contribution in [0.5, 0.6) is 0 Å². The van der Waals surface area contributed by atoms with E-state index in [-0.39, 0.29) is 6.04 Å². The Morgan fingerprint density at radius 3 is 2.36 bits per heavy atom. The zero-order valence-electron chi connectivity index (χ0n) is 24.2. The molecule has 0 atom stereocenters. The first-order valence-corrected chi connectivity index (χ1v) is 15.4. The molecule has 42 heavy (non-hydrogen) atoms. The number of piperazine rings is 1. The minimum Gasteiger partial charge on any atom is -0.367 e. The molecule has 0 amide bonds. The van der Waals surface area contributed by atoms with Crippen molar-refractivity contribution in [3.05, 3.63) is 92.5 Å². The van der Waals surface area contributed by atoms with Crippen molar-refractivity contribution >= 4 is 27.8 Å². The van der Waals surface area contributed by atoms with Gasteiger partial charge < -0.3 is 14.9 Å². The first-order chi connectivity index (χ1) is 20.6. The highest BCUT2D eigenvalue weighted by Gasteiger charge is 2.23. The van der Waals surface area contributed by atoms with Crippen molar-refractivity contribution in [1.82, 2.24) is 24.4 Å². The third-order valence-electron chi connectivity index (χ3n) is 9.17. The average Bonchev–Trinajstić information content (AvgIpc) is 3.48. The minimum atomic E-state index is -0.523. The van der Waals surface area contributed by atoms with E-state index in [1.54, 1.807) is 4.57 Å². The number of para-hydroxylation sites is 1. The van der Waals surface area contributed by atoms with Crippen molar-refractivity contribution in [3.8, 4) is 11.4 Å². The highest BCUT2D eigenvalue weighted by molar-refractivity contribution is 5.91. The molecule has 1 aliphatic heterocycles. The molecule has 1 saturated carbocycles. The number of aromatic nitrogens is 4. The molecule has 8 nitrogen and oxygen atoms in total. The molecule has 216 valence electrons. The van der Waals surface area contributed by atoms with Crippen molar-refractivity contribution in [2.45, 2.75) is 58.0 Å². The maximum Gasteiger partial charge on any atom is 0.316 e.